The summed E-state index contributed by atoms with van der Waals surface area (Å²) in [7, 11) is -3.52. The summed E-state index contributed by atoms with van der Waals surface area (Å²) in [6.07, 6.45) is 0. The van der Waals surface area contributed by atoms with E-state index in [4.69, 9.17) is 11.6 Å². The summed E-state index contributed by atoms with van der Waals surface area (Å²) in [5.41, 5.74) is 1.55. The molecule has 0 aliphatic heterocycles. The molecule has 0 aliphatic carbocycles. The van der Waals surface area contributed by atoms with E-state index in [1.54, 1.807) is 31.2 Å². The van der Waals surface area contributed by atoms with Crippen molar-refractivity contribution in [1.29, 1.82) is 0 Å². The lowest BCUT2D eigenvalue weighted by Crippen LogP contribution is -2.31. The fourth-order valence-electron chi connectivity index (χ4n) is 2.17. The molecule has 0 fully saturated rings. The van der Waals surface area contributed by atoms with Crippen molar-refractivity contribution in [2.75, 3.05) is 6.54 Å². The fourth-order valence-corrected chi connectivity index (χ4v) is 4.02. The van der Waals surface area contributed by atoms with Crippen molar-refractivity contribution < 1.29 is 8.42 Å². The molecule has 0 unspecified atom stereocenters. The molecule has 2 rings (SSSR count). The molecule has 0 saturated carbocycles. The Morgan fingerprint density at radius 1 is 1.05 bits per heavy atom. The number of sulfonamides is 1. The Morgan fingerprint density at radius 2 is 1.67 bits per heavy atom. The Morgan fingerprint density at radius 3 is 2.29 bits per heavy atom. The molecule has 0 heterocycles. The summed E-state index contributed by atoms with van der Waals surface area (Å²) in [5, 5.41) is 0.580. The van der Waals surface area contributed by atoms with E-state index in [2.05, 4.69) is 0 Å². The molecule has 112 valence electrons. The summed E-state index contributed by atoms with van der Waals surface area (Å²) in [6.45, 7) is 4.29. The molecular formula is C16H18ClNO2S. The van der Waals surface area contributed by atoms with Gasteiger partial charge in [-0.15, -0.1) is 0 Å². The highest BCUT2D eigenvalue weighted by Gasteiger charge is 2.25. The normalized spacial score (nSPS) is 11.8. The summed E-state index contributed by atoms with van der Waals surface area (Å²) in [5.74, 6) is 0. The lowest BCUT2D eigenvalue weighted by Gasteiger charge is -2.22. The van der Waals surface area contributed by atoms with Gasteiger partial charge in [-0.05, 0) is 30.2 Å². The van der Waals surface area contributed by atoms with Crippen LogP contribution < -0.4 is 0 Å². The first-order chi connectivity index (χ1) is 9.96. The number of hydrogen-bond acceptors (Lipinski definition) is 2. The van der Waals surface area contributed by atoms with Crippen LogP contribution in [-0.2, 0) is 16.6 Å². The average molecular weight is 324 g/mol. The van der Waals surface area contributed by atoms with E-state index in [1.165, 1.54) is 4.31 Å². The van der Waals surface area contributed by atoms with Crippen LogP contribution in [0.3, 0.4) is 0 Å². The second-order valence-electron chi connectivity index (χ2n) is 4.79. The Hall–Kier alpha value is -1.36. The molecule has 0 saturated heterocycles. The maximum absolute atomic E-state index is 12.8. The van der Waals surface area contributed by atoms with E-state index in [1.807, 2.05) is 31.2 Å². The van der Waals surface area contributed by atoms with Gasteiger partial charge in [-0.2, -0.15) is 4.31 Å². The molecule has 5 heteroatoms. The van der Waals surface area contributed by atoms with Gasteiger partial charge in [0, 0.05) is 18.1 Å². The van der Waals surface area contributed by atoms with Gasteiger partial charge in [-0.1, -0.05) is 54.9 Å². The van der Waals surface area contributed by atoms with Gasteiger partial charge in [0.1, 0.15) is 0 Å². The van der Waals surface area contributed by atoms with Crippen molar-refractivity contribution in [2.24, 2.45) is 0 Å². The maximum Gasteiger partial charge on any atom is 0.243 e. The van der Waals surface area contributed by atoms with Crippen LogP contribution in [-0.4, -0.2) is 19.3 Å². The minimum atomic E-state index is -3.52. The first kappa shape index (κ1) is 16.0. The molecule has 0 aromatic heterocycles. The van der Waals surface area contributed by atoms with Crippen molar-refractivity contribution in [2.45, 2.75) is 25.3 Å². The molecule has 0 spiro atoms. The van der Waals surface area contributed by atoms with Crippen LogP contribution in [0.1, 0.15) is 18.1 Å². The van der Waals surface area contributed by atoms with Crippen LogP contribution in [0.25, 0.3) is 0 Å². The molecule has 0 bridgehead atoms. The predicted molar refractivity (Wildman–Crippen MR) is 85.9 cm³/mol. The SMILES string of the molecule is CCN(Cc1ccccc1Cl)S(=O)(=O)c1ccccc1C. The number of halogens is 1. The highest BCUT2D eigenvalue weighted by Crippen LogP contribution is 2.23. The minimum absolute atomic E-state index is 0.271. The van der Waals surface area contributed by atoms with E-state index >= 15 is 0 Å². The first-order valence-corrected chi connectivity index (χ1v) is 8.57. The zero-order chi connectivity index (χ0) is 15.5. The van der Waals surface area contributed by atoms with Gasteiger partial charge < -0.3 is 0 Å². The van der Waals surface area contributed by atoms with Crippen LogP contribution in [0.2, 0.25) is 5.02 Å². The van der Waals surface area contributed by atoms with Crippen molar-refractivity contribution in [3.8, 4) is 0 Å². The summed E-state index contributed by atoms with van der Waals surface area (Å²) >= 11 is 6.13. The van der Waals surface area contributed by atoms with Gasteiger partial charge in [0.2, 0.25) is 10.0 Å². The lowest BCUT2D eigenvalue weighted by molar-refractivity contribution is 0.423. The van der Waals surface area contributed by atoms with E-state index in [0.29, 0.717) is 16.5 Å². The third-order valence-electron chi connectivity index (χ3n) is 3.37. The van der Waals surface area contributed by atoms with Gasteiger partial charge in [0.05, 0.1) is 4.90 Å². The molecular weight excluding hydrogens is 306 g/mol. The van der Waals surface area contributed by atoms with Gasteiger partial charge in [0.15, 0.2) is 0 Å². The molecule has 3 nitrogen and oxygen atoms in total. The van der Waals surface area contributed by atoms with Crippen LogP contribution >= 0.6 is 11.6 Å². The Bertz CT molecular complexity index is 729. The van der Waals surface area contributed by atoms with Crippen molar-refractivity contribution in [1.82, 2.24) is 4.31 Å². The van der Waals surface area contributed by atoms with Crippen LogP contribution in [0.4, 0.5) is 0 Å². The molecule has 2 aromatic rings. The van der Waals surface area contributed by atoms with Crippen molar-refractivity contribution >= 4 is 21.6 Å². The Balaban J connectivity index is 2.37. The first-order valence-electron chi connectivity index (χ1n) is 6.76. The molecule has 0 amide bonds. The number of benzene rings is 2. The van der Waals surface area contributed by atoms with E-state index in [0.717, 1.165) is 11.1 Å². The topological polar surface area (TPSA) is 37.4 Å². The standard InChI is InChI=1S/C16H18ClNO2S/c1-3-18(12-14-9-5-6-10-15(14)17)21(19,20)16-11-7-4-8-13(16)2/h4-11H,3,12H2,1-2H3. The molecule has 0 N–H and O–H groups in total. The van der Waals surface area contributed by atoms with E-state index < -0.39 is 10.0 Å². The van der Waals surface area contributed by atoms with Crippen LogP contribution in [0.15, 0.2) is 53.4 Å². The largest absolute Gasteiger partial charge is 0.243 e. The second-order valence-corrected chi connectivity index (χ2v) is 7.10. The number of rotatable bonds is 5. The molecule has 0 radical (unpaired) electrons. The van der Waals surface area contributed by atoms with Crippen molar-refractivity contribution in [3.05, 3.63) is 64.7 Å². The number of nitrogens with zero attached hydrogens (tertiary/aromatic N) is 1. The zero-order valence-corrected chi connectivity index (χ0v) is 13.7. The third-order valence-corrected chi connectivity index (χ3v) is 5.82. The third kappa shape index (κ3) is 3.46. The van der Waals surface area contributed by atoms with E-state index in [-0.39, 0.29) is 6.54 Å². The smallest absolute Gasteiger partial charge is 0.207 e. The summed E-state index contributed by atoms with van der Waals surface area (Å²) in [4.78, 5) is 0.346. The highest BCUT2D eigenvalue weighted by molar-refractivity contribution is 7.89. The van der Waals surface area contributed by atoms with Crippen LogP contribution in [0.5, 0.6) is 0 Å². The predicted octanol–water partition coefficient (Wildman–Crippen LogP) is 3.86. The minimum Gasteiger partial charge on any atom is -0.207 e. The average Bonchev–Trinajstić information content (AvgIpc) is 2.46. The van der Waals surface area contributed by atoms with E-state index in [9.17, 15) is 8.42 Å². The zero-order valence-electron chi connectivity index (χ0n) is 12.1. The monoisotopic (exact) mass is 323 g/mol. The van der Waals surface area contributed by atoms with Gasteiger partial charge in [-0.3, -0.25) is 0 Å². The lowest BCUT2D eigenvalue weighted by atomic mass is 10.2. The fraction of sp³-hybridized carbons (Fsp3) is 0.250. The van der Waals surface area contributed by atoms with Crippen molar-refractivity contribution in [3.63, 3.8) is 0 Å². The Kier molecular flexibility index (Phi) is 5.04. The number of hydrogen-bond donors (Lipinski definition) is 0. The molecule has 2 aromatic carbocycles. The molecule has 0 atom stereocenters. The molecule has 0 aliphatic rings. The summed E-state index contributed by atoms with van der Waals surface area (Å²) < 4.78 is 27.0. The number of aryl methyl sites for hydroxylation is 1. The van der Waals surface area contributed by atoms with Crippen LogP contribution in [0, 0.1) is 6.92 Å². The molecule has 21 heavy (non-hydrogen) atoms. The quantitative estimate of drug-likeness (QED) is 0.838. The Labute approximate surface area is 131 Å². The highest BCUT2D eigenvalue weighted by atomic mass is 35.5. The van der Waals surface area contributed by atoms with Gasteiger partial charge in [-0.25, -0.2) is 8.42 Å². The maximum atomic E-state index is 12.8. The van der Waals surface area contributed by atoms with Gasteiger partial charge >= 0.3 is 0 Å². The summed E-state index contributed by atoms with van der Waals surface area (Å²) in [6, 6.07) is 14.3. The van der Waals surface area contributed by atoms with Gasteiger partial charge in [0.25, 0.3) is 0 Å². The second kappa shape index (κ2) is 6.60.